The fourth-order valence-corrected chi connectivity index (χ4v) is 5.76. The number of fused-ring (bicyclic) bond motifs is 1. The predicted molar refractivity (Wildman–Crippen MR) is 134 cm³/mol. The highest BCUT2D eigenvalue weighted by Crippen LogP contribution is 2.32. The Labute approximate surface area is 199 Å². The zero-order valence-corrected chi connectivity index (χ0v) is 20.1. The highest BCUT2D eigenvalue weighted by atomic mass is 32.2. The van der Waals surface area contributed by atoms with Gasteiger partial charge in [-0.1, -0.05) is 29.8 Å². The van der Waals surface area contributed by atoms with Crippen LogP contribution in [-0.4, -0.2) is 48.5 Å². The van der Waals surface area contributed by atoms with E-state index in [1.54, 1.807) is 30.5 Å². The molecule has 1 atom stereocenters. The van der Waals surface area contributed by atoms with E-state index in [1.807, 2.05) is 37.3 Å². The summed E-state index contributed by atoms with van der Waals surface area (Å²) in [6.07, 6.45) is 5.45. The molecule has 2 aromatic carbocycles. The van der Waals surface area contributed by atoms with Gasteiger partial charge in [-0.2, -0.15) is 0 Å². The number of likely N-dealkylation sites (tertiary alicyclic amines) is 1. The molecule has 7 nitrogen and oxygen atoms in total. The van der Waals surface area contributed by atoms with Crippen LogP contribution in [0.25, 0.3) is 22.2 Å². The number of nitrogens with zero attached hydrogens (tertiary/aromatic N) is 3. The van der Waals surface area contributed by atoms with Gasteiger partial charge in [-0.25, -0.2) is 17.4 Å². The fourth-order valence-electron chi connectivity index (χ4n) is 4.42. The molecule has 176 valence electrons. The number of nitrogens with two attached hydrogens (primary N) is 1. The number of likely N-dealkylation sites (N-methyl/N-ethyl adjacent to an activating group) is 1. The van der Waals surface area contributed by atoms with Gasteiger partial charge in [0.25, 0.3) is 10.0 Å². The van der Waals surface area contributed by atoms with Crippen LogP contribution >= 0.6 is 0 Å². The zero-order chi connectivity index (χ0) is 23.9. The van der Waals surface area contributed by atoms with Gasteiger partial charge < -0.3 is 15.4 Å². The molecular weight excluding hydrogens is 448 g/mol. The van der Waals surface area contributed by atoms with Crippen molar-refractivity contribution in [3.8, 4) is 16.9 Å². The van der Waals surface area contributed by atoms with Crippen molar-refractivity contribution < 1.29 is 13.2 Å². The minimum absolute atomic E-state index is 0.172. The number of nitrogen functional groups attached to an aromatic ring is 1. The molecule has 0 spiro atoms. The van der Waals surface area contributed by atoms with Crippen molar-refractivity contribution in [2.45, 2.75) is 30.8 Å². The highest BCUT2D eigenvalue weighted by molar-refractivity contribution is 7.90. The van der Waals surface area contributed by atoms with Crippen molar-refractivity contribution in [1.82, 2.24) is 13.9 Å². The van der Waals surface area contributed by atoms with Gasteiger partial charge in [0.15, 0.2) is 5.65 Å². The normalized spacial score (nSPS) is 17.2. The number of aromatic nitrogens is 2. The first-order chi connectivity index (χ1) is 16.3. The Morgan fingerprint density at radius 1 is 1.09 bits per heavy atom. The van der Waals surface area contributed by atoms with Crippen LogP contribution in [0.5, 0.6) is 5.75 Å². The SMILES string of the molecule is Cc1ccc(S(=O)(=O)n2cc(N)c3cc(-c4cccc(OC5CCCN(C)C5)c4)cnc32)cc1. The summed E-state index contributed by atoms with van der Waals surface area (Å²) < 4.78 is 33.9. The smallest absolute Gasteiger partial charge is 0.269 e. The molecule has 0 aliphatic carbocycles. The molecule has 0 amide bonds. The number of anilines is 1. The largest absolute Gasteiger partial charge is 0.489 e. The lowest BCUT2D eigenvalue weighted by Gasteiger charge is -2.30. The molecule has 2 N–H and O–H groups in total. The van der Waals surface area contributed by atoms with Gasteiger partial charge in [0.1, 0.15) is 11.9 Å². The van der Waals surface area contributed by atoms with Crippen molar-refractivity contribution in [2.24, 2.45) is 0 Å². The van der Waals surface area contributed by atoms with Crippen molar-refractivity contribution in [2.75, 3.05) is 25.9 Å². The lowest BCUT2D eigenvalue weighted by molar-refractivity contribution is 0.104. The molecule has 1 saturated heterocycles. The van der Waals surface area contributed by atoms with Gasteiger partial charge in [-0.05, 0) is 69.3 Å². The minimum atomic E-state index is -3.82. The molecule has 2 aromatic heterocycles. The Hall–Kier alpha value is -3.36. The number of pyridine rings is 1. The molecule has 8 heteroatoms. The summed E-state index contributed by atoms with van der Waals surface area (Å²) in [5.74, 6) is 0.811. The number of aryl methyl sites for hydroxylation is 1. The van der Waals surface area contributed by atoms with E-state index in [0.29, 0.717) is 16.7 Å². The summed E-state index contributed by atoms with van der Waals surface area (Å²) in [5.41, 5.74) is 9.66. The molecule has 3 heterocycles. The molecule has 0 bridgehead atoms. The topological polar surface area (TPSA) is 90.5 Å². The molecule has 0 radical (unpaired) electrons. The van der Waals surface area contributed by atoms with Crippen molar-refractivity contribution in [1.29, 1.82) is 0 Å². The Kier molecular flexibility index (Phi) is 5.79. The van der Waals surface area contributed by atoms with E-state index < -0.39 is 10.0 Å². The summed E-state index contributed by atoms with van der Waals surface area (Å²) in [6, 6.07) is 16.5. The number of ether oxygens (including phenoxy) is 1. The van der Waals surface area contributed by atoms with Crippen molar-refractivity contribution in [3.63, 3.8) is 0 Å². The Bertz CT molecular complexity index is 1440. The number of hydrogen-bond acceptors (Lipinski definition) is 6. The third-order valence-corrected chi connectivity index (χ3v) is 7.94. The predicted octanol–water partition coefficient (Wildman–Crippen LogP) is 4.30. The van der Waals surface area contributed by atoms with E-state index in [4.69, 9.17) is 10.5 Å². The molecule has 1 aliphatic heterocycles. The zero-order valence-electron chi connectivity index (χ0n) is 19.3. The van der Waals surface area contributed by atoms with Crippen LogP contribution in [0, 0.1) is 6.92 Å². The standard InChI is InChI=1S/C26H28N4O3S/c1-18-8-10-23(11-9-18)34(31,32)30-17-25(27)24-14-20(15-28-26(24)30)19-5-3-6-21(13-19)33-22-7-4-12-29(2)16-22/h3,5-6,8-11,13-15,17,22H,4,7,12,16,27H2,1-2H3. The van der Waals surface area contributed by atoms with Gasteiger partial charge in [-0.15, -0.1) is 0 Å². The molecule has 34 heavy (non-hydrogen) atoms. The second-order valence-corrected chi connectivity index (χ2v) is 10.8. The quantitative estimate of drug-likeness (QED) is 0.462. The third kappa shape index (κ3) is 4.26. The number of piperidine rings is 1. The maximum absolute atomic E-state index is 13.2. The average molecular weight is 477 g/mol. The van der Waals surface area contributed by atoms with Gasteiger partial charge >= 0.3 is 0 Å². The van der Waals surface area contributed by atoms with Crippen LogP contribution < -0.4 is 10.5 Å². The van der Waals surface area contributed by atoms with Crippen LogP contribution in [0.15, 0.2) is 71.9 Å². The van der Waals surface area contributed by atoms with E-state index in [2.05, 4.69) is 16.9 Å². The molecule has 4 aromatic rings. The first-order valence-corrected chi connectivity index (χ1v) is 12.8. The molecule has 0 saturated carbocycles. The highest BCUT2D eigenvalue weighted by Gasteiger charge is 2.22. The maximum Gasteiger partial charge on any atom is 0.269 e. The molecule has 1 fully saturated rings. The summed E-state index contributed by atoms with van der Waals surface area (Å²) in [5, 5.41) is 0.591. The maximum atomic E-state index is 13.2. The van der Waals surface area contributed by atoms with Crippen LogP contribution in [0.1, 0.15) is 18.4 Å². The van der Waals surface area contributed by atoms with E-state index in [1.165, 1.54) is 6.20 Å². The average Bonchev–Trinajstić information content (AvgIpc) is 3.16. The van der Waals surface area contributed by atoms with Gasteiger partial charge in [0.2, 0.25) is 0 Å². The summed E-state index contributed by atoms with van der Waals surface area (Å²) >= 11 is 0. The summed E-state index contributed by atoms with van der Waals surface area (Å²) in [7, 11) is -1.70. The number of rotatable bonds is 5. The fraction of sp³-hybridized carbons (Fsp3) is 0.269. The summed E-state index contributed by atoms with van der Waals surface area (Å²) in [4.78, 5) is 6.98. The Morgan fingerprint density at radius 3 is 2.65 bits per heavy atom. The van der Waals surface area contributed by atoms with E-state index >= 15 is 0 Å². The second kappa shape index (κ2) is 8.77. The minimum Gasteiger partial charge on any atom is -0.489 e. The number of benzene rings is 2. The lowest BCUT2D eigenvalue weighted by atomic mass is 10.1. The Morgan fingerprint density at radius 2 is 1.88 bits per heavy atom. The van der Waals surface area contributed by atoms with Crippen LogP contribution in [0.2, 0.25) is 0 Å². The third-order valence-electron chi connectivity index (χ3n) is 6.27. The number of hydrogen-bond donors (Lipinski definition) is 1. The second-order valence-electron chi connectivity index (χ2n) is 8.97. The van der Waals surface area contributed by atoms with Crippen LogP contribution in [0.3, 0.4) is 0 Å². The van der Waals surface area contributed by atoms with Gasteiger partial charge in [-0.3, -0.25) is 0 Å². The summed E-state index contributed by atoms with van der Waals surface area (Å²) in [6.45, 7) is 3.93. The van der Waals surface area contributed by atoms with Crippen LogP contribution in [0.4, 0.5) is 5.69 Å². The lowest BCUT2D eigenvalue weighted by Crippen LogP contribution is -2.38. The molecule has 1 unspecified atom stereocenters. The van der Waals surface area contributed by atoms with Crippen molar-refractivity contribution >= 4 is 26.7 Å². The monoisotopic (exact) mass is 476 g/mol. The first-order valence-electron chi connectivity index (χ1n) is 11.4. The van der Waals surface area contributed by atoms with Gasteiger partial charge in [0, 0.05) is 29.9 Å². The molecular formula is C26H28N4O3S. The van der Waals surface area contributed by atoms with Crippen molar-refractivity contribution in [3.05, 3.63) is 72.6 Å². The first kappa shape index (κ1) is 22.4. The molecule has 5 rings (SSSR count). The van der Waals surface area contributed by atoms with E-state index in [-0.39, 0.29) is 11.0 Å². The van der Waals surface area contributed by atoms with Gasteiger partial charge in [0.05, 0.1) is 10.6 Å². The van der Waals surface area contributed by atoms with E-state index in [9.17, 15) is 8.42 Å². The van der Waals surface area contributed by atoms with Crippen LogP contribution in [-0.2, 0) is 10.0 Å². The van der Waals surface area contributed by atoms with E-state index in [0.717, 1.165) is 52.3 Å². The molecule has 1 aliphatic rings. The Balaban J connectivity index is 1.48.